The zero-order valence-corrected chi connectivity index (χ0v) is 9.40. The Kier molecular flexibility index (Phi) is 7.64. The first kappa shape index (κ1) is 12.0. The number of unbranched alkanes of at least 4 members (excludes halogenated alkanes) is 2. The largest absolute Gasteiger partial charge is 0.0654 e. The lowest BCUT2D eigenvalue weighted by Crippen LogP contribution is -2.07. The molecule has 74 valence electrons. The molecule has 0 unspecified atom stereocenters. The topological polar surface area (TPSA) is 0 Å². The Morgan fingerprint density at radius 2 is 1.08 bits per heavy atom. The molecule has 0 rings (SSSR count). The van der Waals surface area contributed by atoms with Crippen molar-refractivity contribution in [3.63, 3.8) is 0 Å². The van der Waals surface area contributed by atoms with Crippen LogP contribution in [-0.2, 0) is 0 Å². The molecule has 0 N–H and O–H groups in total. The smallest absolute Gasteiger partial charge is 0.0417 e. The van der Waals surface area contributed by atoms with Gasteiger partial charge in [-0.05, 0) is 11.8 Å². The summed E-state index contributed by atoms with van der Waals surface area (Å²) in [4.78, 5) is 0. The van der Waals surface area contributed by atoms with Crippen LogP contribution in [0.3, 0.4) is 0 Å². The summed E-state index contributed by atoms with van der Waals surface area (Å²) in [7, 11) is 0. The first-order valence-corrected chi connectivity index (χ1v) is 5.72. The molecule has 2 atom stereocenters. The molecule has 0 fully saturated rings. The third kappa shape index (κ3) is 5.62. The van der Waals surface area contributed by atoms with Crippen molar-refractivity contribution in [3.8, 4) is 0 Å². The van der Waals surface area contributed by atoms with E-state index in [4.69, 9.17) is 0 Å². The molecule has 0 spiro atoms. The third-order valence-corrected chi connectivity index (χ3v) is 3.00. The van der Waals surface area contributed by atoms with Crippen LogP contribution in [0.2, 0.25) is 0 Å². The molecule has 0 heterocycles. The second-order valence-electron chi connectivity index (χ2n) is 4.24. The van der Waals surface area contributed by atoms with E-state index in [1.54, 1.807) is 0 Å². The van der Waals surface area contributed by atoms with Gasteiger partial charge in [-0.3, -0.25) is 0 Å². The molecule has 0 aromatic rings. The summed E-state index contributed by atoms with van der Waals surface area (Å²) in [5, 5.41) is 0. The summed E-state index contributed by atoms with van der Waals surface area (Å²) in [6, 6.07) is 0. The molecule has 0 nitrogen and oxygen atoms in total. The predicted molar refractivity (Wildman–Crippen MR) is 57.4 cm³/mol. The van der Waals surface area contributed by atoms with Gasteiger partial charge in [0, 0.05) is 0 Å². The minimum absolute atomic E-state index is 0.941. The van der Waals surface area contributed by atoms with E-state index in [-0.39, 0.29) is 0 Å². The second kappa shape index (κ2) is 7.64. The number of hydrogen-bond acceptors (Lipinski definition) is 0. The van der Waals surface area contributed by atoms with Crippen LogP contribution in [0.4, 0.5) is 0 Å². The Hall–Kier alpha value is 0. The standard InChI is InChI=1S/C12H26/c1-5-7-9-11(3)12(4)10-8-6-2/h11-12H,5-10H2,1-4H3/t11-,12+. The third-order valence-electron chi connectivity index (χ3n) is 3.00. The normalized spacial score (nSPS) is 16.0. The molecule has 0 heteroatoms. The highest BCUT2D eigenvalue weighted by Gasteiger charge is 2.10. The van der Waals surface area contributed by atoms with Crippen molar-refractivity contribution in [1.82, 2.24) is 0 Å². The Balaban J connectivity index is 3.39. The lowest BCUT2D eigenvalue weighted by molar-refractivity contribution is 0.328. The summed E-state index contributed by atoms with van der Waals surface area (Å²) < 4.78 is 0. The maximum absolute atomic E-state index is 2.41. The quantitative estimate of drug-likeness (QED) is 0.522. The van der Waals surface area contributed by atoms with Gasteiger partial charge < -0.3 is 0 Å². The minimum atomic E-state index is 0.941. The SMILES string of the molecule is CCCC[C@@H](C)[C@@H](C)CCCC. The lowest BCUT2D eigenvalue weighted by atomic mass is 9.87. The number of rotatable bonds is 7. The molecule has 0 radical (unpaired) electrons. The van der Waals surface area contributed by atoms with Crippen molar-refractivity contribution >= 4 is 0 Å². The minimum Gasteiger partial charge on any atom is -0.0654 e. The fourth-order valence-corrected chi connectivity index (χ4v) is 1.62. The van der Waals surface area contributed by atoms with Gasteiger partial charge in [0.15, 0.2) is 0 Å². The maximum atomic E-state index is 2.41. The first-order chi connectivity index (χ1) is 5.72. The van der Waals surface area contributed by atoms with Crippen molar-refractivity contribution in [2.45, 2.75) is 66.2 Å². The molecule has 0 aromatic carbocycles. The first-order valence-electron chi connectivity index (χ1n) is 5.72. The van der Waals surface area contributed by atoms with Gasteiger partial charge in [0.2, 0.25) is 0 Å². The molecule has 0 aliphatic heterocycles. The van der Waals surface area contributed by atoms with Gasteiger partial charge in [-0.15, -0.1) is 0 Å². The van der Waals surface area contributed by atoms with Gasteiger partial charge in [0.05, 0.1) is 0 Å². The van der Waals surface area contributed by atoms with Crippen LogP contribution in [0, 0.1) is 11.8 Å². The van der Waals surface area contributed by atoms with Gasteiger partial charge in [-0.1, -0.05) is 66.2 Å². The summed E-state index contributed by atoms with van der Waals surface area (Å²) in [6.45, 7) is 9.39. The van der Waals surface area contributed by atoms with Crippen molar-refractivity contribution in [3.05, 3.63) is 0 Å². The van der Waals surface area contributed by atoms with E-state index in [0.717, 1.165) is 11.8 Å². The average molecular weight is 170 g/mol. The fourth-order valence-electron chi connectivity index (χ4n) is 1.62. The molecule has 12 heavy (non-hydrogen) atoms. The molecule has 0 aromatic heterocycles. The Labute approximate surface area is 78.8 Å². The van der Waals surface area contributed by atoms with Gasteiger partial charge >= 0.3 is 0 Å². The van der Waals surface area contributed by atoms with Gasteiger partial charge in [0.25, 0.3) is 0 Å². The summed E-state index contributed by atoms with van der Waals surface area (Å²) in [6.07, 6.45) is 8.40. The Morgan fingerprint density at radius 3 is 1.33 bits per heavy atom. The highest BCUT2D eigenvalue weighted by Crippen LogP contribution is 2.22. The van der Waals surface area contributed by atoms with E-state index in [2.05, 4.69) is 27.7 Å². The zero-order chi connectivity index (χ0) is 9.40. The molecular formula is C12H26. The van der Waals surface area contributed by atoms with Crippen LogP contribution in [0.1, 0.15) is 66.2 Å². The highest BCUT2D eigenvalue weighted by molar-refractivity contribution is 4.61. The molecule has 0 amide bonds. The van der Waals surface area contributed by atoms with Crippen LogP contribution in [0.5, 0.6) is 0 Å². The van der Waals surface area contributed by atoms with E-state index in [9.17, 15) is 0 Å². The van der Waals surface area contributed by atoms with E-state index < -0.39 is 0 Å². The van der Waals surface area contributed by atoms with Crippen molar-refractivity contribution in [1.29, 1.82) is 0 Å². The number of hydrogen-bond donors (Lipinski definition) is 0. The maximum Gasteiger partial charge on any atom is -0.0417 e. The van der Waals surface area contributed by atoms with E-state index >= 15 is 0 Å². The van der Waals surface area contributed by atoms with Crippen LogP contribution < -0.4 is 0 Å². The van der Waals surface area contributed by atoms with E-state index in [1.165, 1.54) is 38.5 Å². The van der Waals surface area contributed by atoms with Gasteiger partial charge in [-0.25, -0.2) is 0 Å². The molecule has 0 aliphatic rings. The molecule has 0 saturated carbocycles. The van der Waals surface area contributed by atoms with Crippen molar-refractivity contribution in [2.75, 3.05) is 0 Å². The molecule has 0 saturated heterocycles. The van der Waals surface area contributed by atoms with E-state index in [1.807, 2.05) is 0 Å². The van der Waals surface area contributed by atoms with Crippen LogP contribution in [-0.4, -0.2) is 0 Å². The second-order valence-corrected chi connectivity index (χ2v) is 4.24. The lowest BCUT2D eigenvalue weighted by Gasteiger charge is -2.19. The molecule has 0 aliphatic carbocycles. The molecule has 0 bridgehead atoms. The van der Waals surface area contributed by atoms with Gasteiger partial charge in [-0.2, -0.15) is 0 Å². The van der Waals surface area contributed by atoms with Crippen LogP contribution in [0.25, 0.3) is 0 Å². The molecular weight excluding hydrogens is 144 g/mol. The summed E-state index contributed by atoms with van der Waals surface area (Å²) >= 11 is 0. The van der Waals surface area contributed by atoms with E-state index in [0.29, 0.717) is 0 Å². The Bertz CT molecular complexity index is 74.0. The monoisotopic (exact) mass is 170 g/mol. The van der Waals surface area contributed by atoms with Gasteiger partial charge in [0.1, 0.15) is 0 Å². The zero-order valence-electron chi connectivity index (χ0n) is 9.40. The predicted octanol–water partition coefficient (Wildman–Crippen LogP) is 4.64. The fraction of sp³-hybridized carbons (Fsp3) is 1.00. The van der Waals surface area contributed by atoms with Crippen molar-refractivity contribution in [2.24, 2.45) is 11.8 Å². The van der Waals surface area contributed by atoms with Crippen molar-refractivity contribution < 1.29 is 0 Å². The highest BCUT2D eigenvalue weighted by atomic mass is 14.2. The Morgan fingerprint density at radius 1 is 0.750 bits per heavy atom. The average Bonchev–Trinajstić information content (AvgIpc) is 2.10. The van der Waals surface area contributed by atoms with Crippen LogP contribution >= 0.6 is 0 Å². The summed E-state index contributed by atoms with van der Waals surface area (Å²) in [5.41, 5.74) is 0. The van der Waals surface area contributed by atoms with Crippen LogP contribution in [0.15, 0.2) is 0 Å². The summed E-state index contributed by atoms with van der Waals surface area (Å²) in [5.74, 6) is 1.88.